The highest BCUT2D eigenvalue weighted by molar-refractivity contribution is 7.66. The molecule has 1 saturated heterocycles. The molecule has 1 unspecified atom stereocenters. The van der Waals surface area contributed by atoms with Crippen LogP contribution in [0.5, 0.6) is 0 Å². The number of nitrogens with zero attached hydrogens (tertiary/aromatic N) is 2. The summed E-state index contributed by atoms with van der Waals surface area (Å²) in [4.78, 5) is 4.26. The first-order valence-electron chi connectivity index (χ1n) is 14.4. The second-order valence-electron chi connectivity index (χ2n) is 11.2. The molecule has 0 aromatic heterocycles. The van der Waals surface area contributed by atoms with Crippen LogP contribution in [0.15, 0.2) is 140 Å². The van der Waals surface area contributed by atoms with Crippen molar-refractivity contribution in [3.8, 4) is 0 Å². The summed E-state index contributed by atoms with van der Waals surface area (Å²) in [7, 11) is 7.30. The third kappa shape index (κ3) is 5.48. The Kier molecular flexibility index (Phi) is 8.17. The zero-order valence-corrected chi connectivity index (χ0v) is 25.6. The van der Waals surface area contributed by atoms with Gasteiger partial charge in [0.25, 0.3) is 6.55 Å². The Bertz CT molecular complexity index is 1480. The van der Waals surface area contributed by atoms with Crippen molar-refractivity contribution in [2.75, 3.05) is 38.0 Å². The highest BCUT2D eigenvalue weighted by Crippen LogP contribution is 2.65. The fourth-order valence-electron chi connectivity index (χ4n) is 5.79. The minimum Gasteiger partial charge on any atom is -0.551 e. The van der Waals surface area contributed by atoms with Crippen LogP contribution in [0.2, 0.25) is 0 Å². The molecule has 0 bridgehead atoms. The normalized spacial score (nSPS) is 19.7. The first-order valence-corrected chi connectivity index (χ1v) is 15.9. The number of hydrogen-bond donors (Lipinski definition) is 0. The lowest BCUT2D eigenvalue weighted by atomic mass is 9.46. The Morgan fingerprint density at radius 3 is 1.19 bits per heavy atom. The van der Waals surface area contributed by atoms with Gasteiger partial charge in [0.05, 0.1) is 11.7 Å². The van der Waals surface area contributed by atoms with Crippen molar-refractivity contribution in [1.82, 2.24) is 0 Å². The van der Waals surface area contributed by atoms with Crippen molar-refractivity contribution in [3.63, 3.8) is 0 Å². The Morgan fingerprint density at radius 2 is 0.833 bits per heavy atom. The summed E-state index contributed by atoms with van der Waals surface area (Å²) < 4.78 is 14.9. The Labute approximate surface area is 251 Å². The van der Waals surface area contributed by atoms with E-state index in [-0.39, 0.29) is 11.7 Å². The monoisotopic (exact) mass is 571 g/mol. The average molecular weight is 571 g/mol. The van der Waals surface area contributed by atoms with E-state index in [9.17, 15) is 0 Å². The molecule has 42 heavy (non-hydrogen) atoms. The van der Waals surface area contributed by atoms with E-state index in [0.717, 1.165) is 33.4 Å². The second-order valence-corrected chi connectivity index (χ2v) is 13.5. The first-order chi connectivity index (χ1) is 20.5. The molecular weight excluding hydrogens is 534 g/mol. The molecule has 1 aliphatic heterocycles. The van der Waals surface area contributed by atoms with E-state index in [1.165, 1.54) is 5.30 Å². The predicted octanol–water partition coefficient (Wildman–Crippen LogP) is 6.63. The fraction of sp³-hybridized carbons (Fsp3) is 0.167. The summed E-state index contributed by atoms with van der Waals surface area (Å²) in [5, 5.41) is 1.25. The molecule has 5 aromatic rings. The molecule has 1 fully saturated rings. The molecule has 0 amide bonds. The van der Waals surface area contributed by atoms with Gasteiger partial charge in [-0.25, -0.2) is 0 Å². The quantitative estimate of drug-likeness (QED) is 0.162. The largest absolute Gasteiger partial charge is 0.551 e. The van der Waals surface area contributed by atoms with Gasteiger partial charge in [-0.2, -0.15) is 0 Å². The van der Waals surface area contributed by atoms with Crippen LogP contribution in [0, 0.1) is 0 Å². The van der Waals surface area contributed by atoms with E-state index >= 15 is 0 Å². The minimum atomic E-state index is -2.04. The van der Waals surface area contributed by atoms with E-state index < -0.39 is 14.5 Å². The summed E-state index contributed by atoms with van der Waals surface area (Å²) >= 11 is 0. The van der Waals surface area contributed by atoms with E-state index in [1.54, 1.807) is 0 Å². The van der Waals surface area contributed by atoms with Crippen molar-refractivity contribution in [2.24, 2.45) is 0 Å². The van der Waals surface area contributed by atoms with Gasteiger partial charge in [0.15, 0.2) is 0 Å². The molecule has 4 nitrogen and oxygen atoms in total. The predicted molar refractivity (Wildman–Crippen MR) is 180 cm³/mol. The highest BCUT2D eigenvalue weighted by atomic mass is 31.1. The number of benzene rings is 5. The van der Waals surface area contributed by atoms with Gasteiger partial charge in [-0.1, -0.05) is 115 Å². The average Bonchev–Trinajstić information content (AvgIpc) is 3.05. The molecular formula is C36H37BN2O2P-. The lowest BCUT2D eigenvalue weighted by molar-refractivity contribution is 0.134. The van der Waals surface area contributed by atoms with Crippen LogP contribution in [0.1, 0.15) is 22.8 Å². The van der Waals surface area contributed by atoms with Gasteiger partial charge in [0.1, 0.15) is 0 Å². The fourth-order valence-corrected chi connectivity index (χ4v) is 8.69. The molecule has 6 rings (SSSR count). The Morgan fingerprint density at radius 1 is 0.476 bits per heavy atom. The van der Waals surface area contributed by atoms with E-state index in [0.29, 0.717) is 0 Å². The van der Waals surface area contributed by atoms with E-state index in [1.807, 2.05) is 12.1 Å². The summed E-state index contributed by atoms with van der Waals surface area (Å²) in [6, 6.07) is 49.4. The van der Waals surface area contributed by atoms with Crippen LogP contribution in [0.25, 0.3) is 0 Å². The molecule has 1 heterocycles. The molecule has 5 aromatic carbocycles. The van der Waals surface area contributed by atoms with E-state index in [2.05, 4.69) is 165 Å². The second kappa shape index (κ2) is 12.2. The first kappa shape index (κ1) is 28.2. The number of anilines is 2. The van der Waals surface area contributed by atoms with Gasteiger partial charge < -0.3 is 19.1 Å². The molecule has 1 aliphatic rings. The van der Waals surface area contributed by atoms with Crippen LogP contribution in [0.3, 0.4) is 0 Å². The molecule has 0 saturated carbocycles. The zero-order chi connectivity index (χ0) is 29.1. The molecule has 6 heteroatoms. The highest BCUT2D eigenvalue weighted by Gasteiger charge is 2.46. The van der Waals surface area contributed by atoms with Gasteiger partial charge >= 0.3 is 0 Å². The van der Waals surface area contributed by atoms with Crippen LogP contribution >= 0.6 is 7.92 Å². The third-order valence-corrected chi connectivity index (χ3v) is 10.8. The van der Waals surface area contributed by atoms with Crippen molar-refractivity contribution in [3.05, 3.63) is 151 Å². The maximum Gasteiger partial charge on any atom is 0.300 e. The molecule has 0 spiro atoms. The summed E-state index contributed by atoms with van der Waals surface area (Å²) in [6.45, 7) is -2.04. The smallest absolute Gasteiger partial charge is 0.300 e. The number of rotatable bonds is 7. The number of hydrogen-bond acceptors (Lipinski definition) is 4. The van der Waals surface area contributed by atoms with Crippen LogP contribution in [-0.2, 0) is 9.31 Å². The summed E-state index contributed by atoms with van der Waals surface area (Å²) in [6.07, 6.45) is 0. The van der Waals surface area contributed by atoms with Crippen LogP contribution < -0.4 is 26.0 Å². The SMILES string of the molecule is CN(C)c1ccc([C@H]2O[B-](c3ccccc3)(c3ccccc3)O[C@@H](c3ccc(N(C)C)cc3)P2c2ccccc2)cc1. The van der Waals surface area contributed by atoms with Gasteiger partial charge in [0.2, 0.25) is 0 Å². The van der Waals surface area contributed by atoms with Crippen molar-refractivity contribution in [2.45, 2.75) is 11.7 Å². The molecule has 3 atom stereocenters. The van der Waals surface area contributed by atoms with Crippen molar-refractivity contribution >= 4 is 42.1 Å². The molecule has 212 valence electrons. The van der Waals surface area contributed by atoms with Gasteiger partial charge in [-0.15, -0.1) is 10.9 Å². The Balaban J connectivity index is 1.59. The minimum absolute atomic E-state index is 0.203. The van der Waals surface area contributed by atoms with Gasteiger partial charge in [-0.3, -0.25) is 0 Å². The zero-order valence-electron chi connectivity index (χ0n) is 24.7. The van der Waals surface area contributed by atoms with Crippen LogP contribution in [0.4, 0.5) is 11.4 Å². The maximum atomic E-state index is 7.46. The van der Waals surface area contributed by atoms with Crippen LogP contribution in [-0.4, -0.2) is 34.7 Å². The molecule has 0 N–H and O–H groups in total. The summed E-state index contributed by atoms with van der Waals surface area (Å²) in [5.41, 5.74) is 6.72. The standard InChI is InChI=1S/C36H37BN2O2P/c1-38(2)32-24-20-28(21-25-32)35-40-37(30-14-8-5-9-15-30,31-16-10-6-11-17-31)41-36(42(35)34-18-12-7-13-19-34)29-22-26-33(27-23-29)39(3)4/h5-27,35-36H,1-4H3/q-1/t35-,36+,42?. The maximum absolute atomic E-state index is 7.46. The van der Waals surface area contributed by atoms with Crippen molar-refractivity contribution in [1.29, 1.82) is 0 Å². The van der Waals surface area contributed by atoms with Crippen molar-refractivity contribution < 1.29 is 9.31 Å². The third-order valence-electron chi connectivity index (χ3n) is 8.07. The van der Waals surface area contributed by atoms with E-state index in [4.69, 9.17) is 9.31 Å². The Hall–Kier alpha value is -3.89. The van der Waals surface area contributed by atoms with Gasteiger partial charge in [-0.05, 0) is 48.6 Å². The topological polar surface area (TPSA) is 24.9 Å². The molecule has 0 aliphatic carbocycles. The summed E-state index contributed by atoms with van der Waals surface area (Å²) in [5.74, 6) is -0.405. The van der Waals surface area contributed by atoms with Gasteiger partial charge in [0, 0.05) is 39.6 Å². The molecule has 0 radical (unpaired) electrons. The lowest BCUT2D eigenvalue weighted by Crippen LogP contribution is -2.65. The lowest BCUT2D eigenvalue weighted by Gasteiger charge is -2.57.